The zero-order chi connectivity index (χ0) is 28.4. The molecule has 0 aliphatic heterocycles. The first-order valence-corrected chi connectivity index (χ1v) is 15.0. The van der Waals surface area contributed by atoms with E-state index in [0.29, 0.717) is 0 Å². The van der Waals surface area contributed by atoms with Gasteiger partial charge < -0.3 is 8.98 Å². The molecule has 0 radical (unpaired) electrons. The number of rotatable bonds is 1. The molecule has 0 bridgehead atoms. The highest BCUT2D eigenvalue weighted by Crippen LogP contribution is 2.51. The monoisotopic (exact) mass is 549 g/mol. The van der Waals surface area contributed by atoms with Crippen LogP contribution in [0.1, 0.15) is 25.0 Å². The third-order valence-electron chi connectivity index (χ3n) is 9.96. The van der Waals surface area contributed by atoms with Crippen molar-refractivity contribution in [1.29, 1.82) is 0 Å². The molecule has 2 nitrogen and oxygen atoms in total. The number of furan rings is 1. The number of nitrogens with zero attached hydrogens (tertiary/aromatic N) is 1. The molecule has 0 spiro atoms. The van der Waals surface area contributed by atoms with E-state index in [1.807, 2.05) is 0 Å². The van der Waals surface area contributed by atoms with Crippen molar-refractivity contribution in [3.8, 4) is 16.8 Å². The van der Waals surface area contributed by atoms with Crippen molar-refractivity contribution in [1.82, 2.24) is 4.57 Å². The molecule has 9 aromatic rings. The fourth-order valence-electron chi connectivity index (χ4n) is 8.04. The minimum Gasteiger partial charge on any atom is -0.454 e. The Morgan fingerprint density at radius 3 is 2.05 bits per heavy atom. The highest BCUT2D eigenvalue weighted by atomic mass is 16.3. The van der Waals surface area contributed by atoms with E-state index in [9.17, 15) is 0 Å². The maximum Gasteiger partial charge on any atom is 0.160 e. The molecule has 43 heavy (non-hydrogen) atoms. The zero-order valence-corrected chi connectivity index (χ0v) is 24.0. The van der Waals surface area contributed by atoms with Crippen molar-refractivity contribution >= 4 is 65.3 Å². The highest BCUT2D eigenvalue weighted by Gasteiger charge is 2.35. The SMILES string of the molecule is CC1(C)c2ccccc2-c2cc(-n3c4c5ccccc5ccc4c4c5ccccc5c5c6ccccc6oc5c43)ccc21. The second kappa shape index (κ2) is 7.93. The Morgan fingerprint density at radius 1 is 0.512 bits per heavy atom. The van der Waals surface area contributed by atoms with Gasteiger partial charge in [0.05, 0.1) is 11.0 Å². The number of fused-ring (bicyclic) bond motifs is 15. The molecule has 202 valence electrons. The van der Waals surface area contributed by atoms with Crippen molar-refractivity contribution in [2.75, 3.05) is 0 Å². The number of para-hydroxylation sites is 1. The van der Waals surface area contributed by atoms with Gasteiger partial charge in [-0.25, -0.2) is 0 Å². The van der Waals surface area contributed by atoms with Crippen LogP contribution in [0, 0.1) is 0 Å². The Labute approximate surface area is 248 Å². The lowest BCUT2D eigenvalue weighted by Crippen LogP contribution is -2.14. The fourth-order valence-corrected chi connectivity index (χ4v) is 8.04. The molecular weight excluding hydrogens is 522 g/mol. The van der Waals surface area contributed by atoms with E-state index in [4.69, 9.17) is 4.42 Å². The van der Waals surface area contributed by atoms with Gasteiger partial charge in [-0.2, -0.15) is 0 Å². The van der Waals surface area contributed by atoms with Gasteiger partial charge in [0.15, 0.2) is 5.58 Å². The lowest BCUT2D eigenvalue weighted by molar-refractivity contribution is 0.660. The normalized spacial score (nSPS) is 14.0. The van der Waals surface area contributed by atoms with Crippen LogP contribution >= 0.6 is 0 Å². The molecule has 0 atom stereocenters. The minimum absolute atomic E-state index is 0.0415. The molecule has 10 rings (SSSR count). The van der Waals surface area contributed by atoms with Gasteiger partial charge in [0.1, 0.15) is 5.58 Å². The van der Waals surface area contributed by atoms with E-state index in [2.05, 4.69) is 146 Å². The van der Waals surface area contributed by atoms with Crippen molar-refractivity contribution in [3.63, 3.8) is 0 Å². The summed E-state index contributed by atoms with van der Waals surface area (Å²) in [7, 11) is 0. The van der Waals surface area contributed by atoms with Gasteiger partial charge >= 0.3 is 0 Å². The molecule has 1 aliphatic rings. The molecule has 2 heterocycles. The van der Waals surface area contributed by atoms with E-state index in [0.717, 1.165) is 27.8 Å². The molecule has 0 fully saturated rings. The Morgan fingerprint density at radius 2 is 1.19 bits per heavy atom. The summed E-state index contributed by atoms with van der Waals surface area (Å²) < 4.78 is 9.32. The van der Waals surface area contributed by atoms with Crippen molar-refractivity contribution in [2.24, 2.45) is 0 Å². The summed E-state index contributed by atoms with van der Waals surface area (Å²) >= 11 is 0. The van der Waals surface area contributed by atoms with E-state index in [1.165, 1.54) is 65.5 Å². The van der Waals surface area contributed by atoms with E-state index < -0.39 is 0 Å². The second-order valence-electron chi connectivity index (χ2n) is 12.5. The van der Waals surface area contributed by atoms with Gasteiger partial charge in [0.25, 0.3) is 0 Å². The second-order valence-corrected chi connectivity index (χ2v) is 12.5. The van der Waals surface area contributed by atoms with Crippen LogP contribution in [0.2, 0.25) is 0 Å². The lowest BCUT2D eigenvalue weighted by Gasteiger charge is -2.21. The van der Waals surface area contributed by atoms with Crippen LogP contribution in [0.3, 0.4) is 0 Å². The predicted octanol–water partition coefficient (Wildman–Crippen LogP) is 11.3. The molecule has 0 amide bonds. The summed E-state index contributed by atoms with van der Waals surface area (Å²) in [6, 6.07) is 46.6. The molecular formula is C41H27NO. The molecule has 1 aliphatic carbocycles. The van der Waals surface area contributed by atoms with Crippen molar-refractivity contribution in [2.45, 2.75) is 19.3 Å². The van der Waals surface area contributed by atoms with Crippen LogP contribution in [0.5, 0.6) is 0 Å². The summed E-state index contributed by atoms with van der Waals surface area (Å²) in [4.78, 5) is 0. The summed E-state index contributed by atoms with van der Waals surface area (Å²) in [5, 5.41) is 9.77. The molecule has 0 N–H and O–H groups in total. The highest BCUT2D eigenvalue weighted by molar-refractivity contribution is 6.36. The minimum atomic E-state index is -0.0415. The molecule has 0 saturated carbocycles. The maximum absolute atomic E-state index is 6.84. The van der Waals surface area contributed by atoms with Gasteiger partial charge in [-0.05, 0) is 56.6 Å². The number of hydrogen-bond acceptors (Lipinski definition) is 1. The number of aromatic nitrogens is 1. The maximum atomic E-state index is 6.84. The summed E-state index contributed by atoms with van der Waals surface area (Å²) in [6.07, 6.45) is 0. The summed E-state index contributed by atoms with van der Waals surface area (Å²) in [5.74, 6) is 0. The average Bonchev–Trinajstić information content (AvgIpc) is 3.68. The van der Waals surface area contributed by atoms with Crippen LogP contribution in [0.4, 0.5) is 0 Å². The third-order valence-corrected chi connectivity index (χ3v) is 9.96. The van der Waals surface area contributed by atoms with Crippen LogP contribution in [-0.2, 0) is 5.41 Å². The quantitative estimate of drug-likeness (QED) is 0.199. The van der Waals surface area contributed by atoms with Crippen molar-refractivity contribution < 1.29 is 4.42 Å². The van der Waals surface area contributed by atoms with E-state index in [1.54, 1.807) is 0 Å². The molecule has 0 unspecified atom stereocenters. The Balaban J connectivity index is 1.47. The van der Waals surface area contributed by atoms with Crippen LogP contribution in [-0.4, -0.2) is 4.57 Å². The standard InChI is InChI=1S/C41H27NO/c1-41(2)33-17-9-7-13-27(33)32-23-25(20-22-34(32)41)42-38-26-12-4-3-11-24(26)19-21-31(38)36-28-14-5-6-15-29(28)37-30-16-8-10-18-35(30)43-40(37)39(36)42/h3-23H,1-2H3. The molecule has 2 aromatic heterocycles. The van der Waals surface area contributed by atoms with Crippen molar-refractivity contribution in [3.05, 3.63) is 139 Å². The molecule has 7 aromatic carbocycles. The summed E-state index contributed by atoms with van der Waals surface area (Å²) in [6.45, 7) is 4.69. The Bertz CT molecular complexity index is 2650. The first-order chi connectivity index (χ1) is 21.1. The van der Waals surface area contributed by atoms with Crippen LogP contribution in [0.25, 0.3) is 82.1 Å². The smallest absolute Gasteiger partial charge is 0.160 e. The predicted molar refractivity (Wildman–Crippen MR) is 181 cm³/mol. The number of hydrogen-bond donors (Lipinski definition) is 0. The topological polar surface area (TPSA) is 18.1 Å². The summed E-state index contributed by atoms with van der Waals surface area (Å²) in [5.41, 5.74) is 10.7. The van der Waals surface area contributed by atoms with Gasteiger partial charge in [0.2, 0.25) is 0 Å². The van der Waals surface area contributed by atoms with Gasteiger partial charge in [-0.15, -0.1) is 0 Å². The Hall–Kier alpha value is -5.34. The van der Waals surface area contributed by atoms with Gasteiger partial charge in [-0.1, -0.05) is 123 Å². The van der Waals surface area contributed by atoms with E-state index >= 15 is 0 Å². The lowest BCUT2D eigenvalue weighted by atomic mass is 9.82. The fraction of sp³-hybridized carbons (Fsp3) is 0.0732. The molecule has 0 saturated heterocycles. The largest absolute Gasteiger partial charge is 0.454 e. The van der Waals surface area contributed by atoms with Gasteiger partial charge in [0, 0.05) is 38.0 Å². The van der Waals surface area contributed by atoms with E-state index in [-0.39, 0.29) is 5.41 Å². The first kappa shape index (κ1) is 23.2. The third kappa shape index (κ3) is 2.83. The average molecular weight is 550 g/mol. The van der Waals surface area contributed by atoms with Gasteiger partial charge in [-0.3, -0.25) is 0 Å². The number of benzene rings is 7. The zero-order valence-electron chi connectivity index (χ0n) is 24.0. The van der Waals surface area contributed by atoms with Crippen LogP contribution in [0.15, 0.2) is 132 Å². The first-order valence-electron chi connectivity index (χ1n) is 15.0. The van der Waals surface area contributed by atoms with Crippen LogP contribution < -0.4 is 0 Å². The molecule has 2 heteroatoms. The Kier molecular flexibility index (Phi) is 4.29.